The van der Waals surface area contributed by atoms with Crippen LogP contribution in [0.25, 0.3) is 0 Å². The lowest BCUT2D eigenvalue weighted by molar-refractivity contribution is -0.139. The number of nitrogens with zero attached hydrogens (tertiary/aromatic N) is 4. The molecule has 1 fully saturated rings. The van der Waals surface area contributed by atoms with Gasteiger partial charge in [0.15, 0.2) is 5.84 Å². The van der Waals surface area contributed by atoms with Crippen molar-refractivity contribution in [2.45, 2.75) is 56.4 Å². The van der Waals surface area contributed by atoms with Crippen LogP contribution in [0.5, 0.6) is 5.75 Å². The third-order valence-electron chi connectivity index (χ3n) is 7.01. The number of oxime groups is 2. The highest BCUT2D eigenvalue weighted by Crippen LogP contribution is 2.38. The third-order valence-corrected chi connectivity index (χ3v) is 7.01. The molecule has 4 rings (SSSR count). The molecule has 0 bridgehead atoms. The largest absolute Gasteiger partial charge is 0.493 e. The van der Waals surface area contributed by atoms with Gasteiger partial charge in [0.25, 0.3) is 0 Å². The number of hydrogen-bond donors (Lipinski definition) is 3. The van der Waals surface area contributed by atoms with Gasteiger partial charge in [0, 0.05) is 19.2 Å². The Morgan fingerprint density at radius 3 is 2.44 bits per heavy atom. The predicted octanol–water partition coefficient (Wildman–Crippen LogP) is 4.21. The van der Waals surface area contributed by atoms with Crippen LogP contribution in [-0.2, 0) is 23.6 Å². The number of aliphatic hydroxyl groups is 1. The summed E-state index contributed by atoms with van der Waals surface area (Å²) in [5, 5.41) is 26.4. The monoisotopic (exact) mass is 589 g/mol. The van der Waals surface area contributed by atoms with Crippen LogP contribution in [-0.4, -0.2) is 70.5 Å². The SMILES string of the molecule is CN1C(c2ccc(OCCCCc3ccc(C(F)(F)F)cc3)c(C(F)(F)F)c2)=NOC1[C@@H]1[C@@H](O)CCN1/C(N)=N/O. The molecule has 2 heterocycles. The van der Waals surface area contributed by atoms with Crippen molar-refractivity contribution in [1.82, 2.24) is 9.80 Å². The van der Waals surface area contributed by atoms with Crippen LogP contribution in [0.3, 0.4) is 0 Å². The van der Waals surface area contributed by atoms with Gasteiger partial charge in [-0.05, 0) is 61.6 Å². The first-order chi connectivity index (χ1) is 19.3. The molecule has 2 aliphatic rings. The summed E-state index contributed by atoms with van der Waals surface area (Å²) < 4.78 is 85.3. The molecule has 9 nitrogen and oxygen atoms in total. The number of guanidine groups is 1. The number of halogens is 6. The smallest absolute Gasteiger partial charge is 0.419 e. The summed E-state index contributed by atoms with van der Waals surface area (Å²) in [4.78, 5) is 8.37. The first-order valence-corrected chi connectivity index (χ1v) is 12.7. The van der Waals surface area contributed by atoms with E-state index in [9.17, 15) is 31.4 Å². The summed E-state index contributed by atoms with van der Waals surface area (Å²) in [5.74, 6) is -0.529. The Morgan fingerprint density at radius 1 is 1.10 bits per heavy atom. The van der Waals surface area contributed by atoms with E-state index in [0.29, 0.717) is 31.2 Å². The topological polar surface area (TPSA) is 116 Å². The van der Waals surface area contributed by atoms with Gasteiger partial charge in [0.05, 0.1) is 23.8 Å². The van der Waals surface area contributed by atoms with Crippen LogP contribution in [0.2, 0.25) is 0 Å². The number of likely N-dealkylation sites (N-methyl/N-ethyl adjacent to an activating group) is 1. The minimum Gasteiger partial charge on any atom is -0.493 e. The first-order valence-electron chi connectivity index (χ1n) is 12.7. The summed E-state index contributed by atoms with van der Waals surface area (Å²) in [6.07, 6.45) is -9.37. The average molecular weight is 590 g/mol. The first kappa shape index (κ1) is 30.1. The van der Waals surface area contributed by atoms with Gasteiger partial charge >= 0.3 is 12.4 Å². The van der Waals surface area contributed by atoms with E-state index in [1.54, 1.807) is 7.05 Å². The van der Waals surface area contributed by atoms with E-state index in [4.69, 9.17) is 20.5 Å². The summed E-state index contributed by atoms with van der Waals surface area (Å²) >= 11 is 0. The average Bonchev–Trinajstić information content (AvgIpc) is 3.48. The molecular formula is C26H29F6N5O4. The highest BCUT2D eigenvalue weighted by molar-refractivity contribution is 5.99. The molecule has 1 unspecified atom stereocenters. The zero-order valence-corrected chi connectivity index (χ0v) is 21.9. The molecule has 0 aromatic heterocycles. The van der Waals surface area contributed by atoms with Crippen LogP contribution in [0.1, 0.15) is 41.5 Å². The second-order valence-corrected chi connectivity index (χ2v) is 9.73. The minimum atomic E-state index is -4.74. The maximum atomic E-state index is 13.9. The van der Waals surface area contributed by atoms with Crippen molar-refractivity contribution < 1.29 is 46.2 Å². The zero-order chi connectivity index (χ0) is 29.9. The lowest BCUT2D eigenvalue weighted by Crippen LogP contribution is -2.55. The molecule has 0 aliphatic carbocycles. The summed E-state index contributed by atoms with van der Waals surface area (Å²) in [7, 11) is 1.54. The number of aryl methyl sites for hydroxylation is 1. The molecule has 0 saturated carbocycles. The number of unbranched alkanes of at least 4 members (excludes halogenated alkanes) is 1. The molecule has 0 radical (unpaired) electrons. The maximum absolute atomic E-state index is 13.9. The van der Waals surface area contributed by atoms with E-state index in [0.717, 1.165) is 18.2 Å². The Balaban J connectivity index is 1.39. The van der Waals surface area contributed by atoms with Crippen LogP contribution < -0.4 is 10.5 Å². The Kier molecular flexibility index (Phi) is 8.75. The van der Waals surface area contributed by atoms with Crippen LogP contribution in [0.4, 0.5) is 26.3 Å². The van der Waals surface area contributed by atoms with E-state index in [1.807, 2.05) is 0 Å². The van der Waals surface area contributed by atoms with Crippen molar-refractivity contribution in [3.63, 3.8) is 0 Å². The number of aliphatic hydroxyl groups excluding tert-OH is 1. The third kappa shape index (κ3) is 6.72. The highest BCUT2D eigenvalue weighted by atomic mass is 19.4. The number of hydrogen-bond acceptors (Lipinski definition) is 7. The Morgan fingerprint density at radius 2 is 1.80 bits per heavy atom. The summed E-state index contributed by atoms with van der Waals surface area (Å²) in [6, 6.07) is 7.43. The van der Waals surface area contributed by atoms with Gasteiger partial charge in [-0.2, -0.15) is 26.3 Å². The quantitative estimate of drug-likeness (QED) is 0.106. The Hall–Kier alpha value is -3.88. The van der Waals surface area contributed by atoms with Gasteiger partial charge in [-0.1, -0.05) is 22.4 Å². The van der Waals surface area contributed by atoms with Gasteiger partial charge in [-0.15, -0.1) is 0 Å². The van der Waals surface area contributed by atoms with Crippen molar-refractivity contribution in [2.24, 2.45) is 16.0 Å². The number of rotatable bonds is 8. The lowest BCUT2D eigenvalue weighted by Gasteiger charge is -2.33. The molecule has 15 heteroatoms. The second kappa shape index (κ2) is 11.9. The van der Waals surface area contributed by atoms with Crippen LogP contribution >= 0.6 is 0 Å². The Labute approximate surface area is 231 Å². The van der Waals surface area contributed by atoms with Gasteiger partial charge in [0.1, 0.15) is 11.8 Å². The molecule has 0 amide bonds. The second-order valence-electron chi connectivity index (χ2n) is 9.73. The van der Waals surface area contributed by atoms with Crippen LogP contribution in [0, 0.1) is 0 Å². The minimum absolute atomic E-state index is 0.0294. The van der Waals surface area contributed by atoms with Gasteiger partial charge < -0.3 is 35.4 Å². The summed E-state index contributed by atoms with van der Waals surface area (Å²) in [6.45, 7) is 0.248. The number of ether oxygens (including phenoxy) is 1. The lowest BCUT2D eigenvalue weighted by atomic mass is 10.1. The fraction of sp³-hybridized carbons (Fsp3) is 0.462. The Bertz CT molecular complexity index is 1270. The van der Waals surface area contributed by atoms with Crippen molar-refractivity contribution in [2.75, 3.05) is 20.2 Å². The fourth-order valence-corrected chi connectivity index (χ4v) is 4.87. The van der Waals surface area contributed by atoms with E-state index < -0.39 is 41.9 Å². The normalized spacial score (nSPS) is 21.7. The number of alkyl halides is 6. The highest BCUT2D eigenvalue weighted by Gasteiger charge is 2.47. The van der Waals surface area contributed by atoms with Crippen molar-refractivity contribution in [1.29, 1.82) is 0 Å². The number of benzene rings is 2. The van der Waals surface area contributed by atoms with E-state index in [-0.39, 0.29) is 36.3 Å². The molecule has 2 aromatic rings. The molecule has 224 valence electrons. The van der Waals surface area contributed by atoms with Gasteiger partial charge in [0.2, 0.25) is 12.2 Å². The number of likely N-dealkylation sites (tertiary alicyclic amines) is 1. The van der Waals surface area contributed by atoms with Gasteiger partial charge in [-0.25, -0.2) is 0 Å². The maximum Gasteiger partial charge on any atom is 0.419 e. The number of nitrogens with two attached hydrogens (primary N) is 1. The molecule has 1 saturated heterocycles. The van der Waals surface area contributed by atoms with E-state index in [1.165, 1.54) is 34.1 Å². The van der Waals surface area contributed by atoms with Crippen molar-refractivity contribution >= 4 is 11.8 Å². The molecule has 0 spiro atoms. The molecule has 4 N–H and O–H groups in total. The molecule has 41 heavy (non-hydrogen) atoms. The van der Waals surface area contributed by atoms with Crippen LogP contribution in [0.15, 0.2) is 52.8 Å². The molecule has 2 aliphatic heterocycles. The molecule has 3 atom stereocenters. The van der Waals surface area contributed by atoms with E-state index in [2.05, 4.69) is 10.3 Å². The van der Waals surface area contributed by atoms with E-state index >= 15 is 0 Å². The molecular weight excluding hydrogens is 560 g/mol. The molecule has 2 aromatic carbocycles. The fourth-order valence-electron chi connectivity index (χ4n) is 4.87. The zero-order valence-electron chi connectivity index (χ0n) is 21.9. The predicted molar refractivity (Wildman–Crippen MR) is 135 cm³/mol. The number of amidine groups is 1. The van der Waals surface area contributed by atoms with Crippen molar-refractivity contribution in [3.8, 4) is 5.75 Å². The standard InChI is InChI=1S/C26H29F6N5O4/c1-36-22(35-41-23(36)21-19(38)11-12-37(21)24(33)34-39)16-7-10-20(18(14-16)26(30,31)32)40-13-3-2-4-15-5-8-17(9-6-15)25(27,28)29/h5-10,14,19,21,23,38-39H,2-4,11-13H2,1H3,(H2,33,34)/t19-,21-,23?/m0/s1. The summed E-state index contributed by atoms with van der Waals surface area (Å²) in [5.41, 5.74) is 4.72. The van der Waals surface area contributed by atoms with Crippen molar-refractivity contribution in [3.05, 3.63) is 64.7 Å². The van der Waals surface area contributed by atoms with Gasteiger partial charge in [-0.3, -0.25) is 0 Å².